The standard InChI is InChI=1S/C16H24N4O/c21-16(18-11-14-2-1-7-17-10-14)19-15-5-8-20(9-6-15)12-13-3-4-13/h1-2,7,10,13,15H,3-6,8-9,11-12H2,(H2,18,19,21). The Balaban J connectivity index is 1.33. The normalized spacial score (nSPS) is 20.2. The number of rotatable bonds is 5. The number of piperidine rings is 1. The molecule has 0 unspecified atom stereocenters. The van der Waals surface area contributed by atoms with E-state index in [1.807, 2.05) is 12.1 Å². The summed E-state index contributed by atoms with van der Waals surface area (Å²) in [5.41, 5.74) is 1.02. The Morgan fingerprint density at radius 1 is 1.29 bits per heavy atom. The van der Waals surface area contributed by atoms with Crippen LogP contribution in [0.5, 0.6) is 0 Å². The zero-order valence-corrected chi connectivity index (χ0v) is 12.4. The highest BCUT2D eigenvalue weighted by molar-refractivity contribution is 5.74. The van der Waals surface area contributed by atoms with Gasteiger partial charge in [0.1, 0.15) is 0 Å². The van der Waals surface area contributed by atoms with Gasteiger partial charge in [-0.05, 0) is 43.2 Å². The van der Waals surface area contributed by atoms with Gasteiger partial charge in [-0.3, -0.25) is 4.98 Å². The molecule has 1 saturated heterocycles. The number of hydrogen-bond donors (Lipinski definition) is 2. The number of pyridine rings is 1. The number of likely N-dealkylation sites (tertiary alicyclic amines) is 1. The van der Waals surface area contributed by atoms with E-state index >= 15 is 0 Å². The molecule has 2 N–H and O–H groups in total. The molecule has 2 fully saturated rings. The van der Waals surface area contributed by atoms with Crippen LogP contribution >= 0.6 is 0 Å². The van der Waals surface area contributed by atoms with Gasteiger partial charge in [-0.2, -0.15) is 0 Å². The van der Waals surface area contributed by atoms with Gasteiger partial charge in [-0.15, -0.1) is 0 Å². The van der Waals surface area contributed by atoms with Crippen LogP contribution in [-0.2, 0) is 6.54 Å². The first-order valence-corrected chi connectivity index (χ1v) is 7.95. The van der Waals surface area contributed by atoms with E-state index in [1.165, 1.54) is 19.4 Å². The number of nitrogens with one attached hydrogen (secondary N) is 2. The highest BCUT2D eigenvalue weighted by Crippen LogP contribution is 2.30. The average Bonchev–Trinajstić information content (AvgIpc) is 3.32. The van der Waals surface area contributed by atoms with Crippen molar-refractivity contribution in [3.8, 4) is 0 Å². The van der Waals surface area contributed by atoms with E-state index in [9.17, 15) is 4.79 Å². The Hall–Kier alpha value is -1.62. The fourth-order valence-electron chi connectivity index (χ4n) is 2.85. The predicted octanol–water partition coefficient (Wildman–Crippen LogP) is 1.76. The molecule has 2 aliphatic rings. The first-order valence-electron chi connectivity index (χ1n) is 7.95. The third-order valence-corrected chi connectivity index (χ3v) is 4.31. The molecule has 1 aromatic heterocycles. The third-order valence-electron chi connectivity index (χ3n) is 4.31. The Morgan fingerprint density at radius 3 is 2.76 bits per heavy atom. The van der Waals surface area contributed by atoms with Gasteiger partial charge in [-0.25, -0.2) is 4.79 Å². The monoisotopic (exact) mass is 288 g/mol. The van der Waals surface area contributed by atoms with Crippen molar-refractivity contribution >= 4 is 6.03 Å². The summed E-state index contributed by atoms with van der Waals surface area (Å²) in [6.07, 6.45) is 8.46. The van der Waals surface area contributed by atoms with Crippen molar-refractivity contribution in [1.82, 2.24) is 20.5 Å². The number of nitrogens with zero attached hydrogens (tertiary/aromatic N) is 2. The molecule has 0 bridgehead atoms. The summed E-state index contributed by atoms with van der Waals surface area (Å²) in [5, 5.41) is 5.98. The minimum Gasteiger partial charge on any atom is -0.335 e. The number of amides is 2. The SMILES string of the molecule is O=C(NCc1cccnc1)NC1CCN(CC2CC2)CC1. The van der Waals surface area contributed by atoms with E-state index in [0.717, 1.165) is 37.4 Å². The molecule has 5 nitrogen and oxygen atoms in total. The molecule has 114 valence electrons. The maximum atomic E-state index is 11.9. The summed E-state index contributed by atoms with van der Waals surface area (Å²) in [4.78, 5) is 18.5. The molecule has 0 atom stereocenters. The van der Waals surface area contributed by atoms with Crippen LogP contribution in [0, 0.1) is 5.92 Å². The first kappa shape index (κ1) is 14.3. The minimum absolute atomic E-state index is 0.0699. The molecule has 0 radical (unpaired) electrons. The van der Waals surface area contributed by atoms with Gasteiger partial charge in [0.05, 0.1) is 0 Å². The van der Waals surface area contributed by atoms with Crippen LogP contribution in [0.25, 0.3) is 0 Å². The second kappa shape index (κ2) is 6.89. The van der Waals surface area contributed by atoms with Crippen molar-refractivity contribution in [2.24, 2.45) is 5.92 Å². The summed E-state index contributed by atoms with van der Waals surface area (Å²) < 4.78 is 0. The van der Waals surface area contributed by atoms with Crippen LogP contribution in [0.3, 0.4) is 0 Å². The smallest absolute Gasteiger partial charge is 0.315 e. The summed E-state index contributed by atoms with van der Waals surface area (Å²) in [7, 11) is 0. The summed E-state index contributed by atoms with van der Waals surface area (Å²) in [6, 6.07) is 4.09. The Bertz CT molecular complexity index is 453. The van der Waals surface area contributed by atoms with Gasteiger partial charge in [0.2, 0.25) is 0 Å². The van der Waals surface area contributed by atoms with E-state index in [0.29, 0.717) is 12.6 Å². The zero-order chi connectivity index (χ0) is 14.5. The number of carbonyl (C=O) groups excluding carboxylic acids is 1. The van der Waals surface area contributed by atoms with Crippen LogP contribution < -0.4 is 10.6 Å². The average molecular weight is 288 g/mol. The molecule has 0 aromatic carbocycles. The van der Waals surface area contributed by atoms with Crippen molar-refractivity contribution < 1.29 is 4.79 Å². The van der Waals surface area contributed by atoms with Crippen LogP contribution in [-0.4, -0.2) is 41.6 Å². The van der Waals surface area contributed by atoms with Crippen LogP contribution in [0.2, 0.25) is 0 Å². The van der Waals surface area contributed by atoms with Crippen molar-refractivity contribution in [2.75, 3.05) is 19.6 Å². The van der Waals surface area contributed by atoms with Crippen molar-refractivity contribution in [2.45, 2.75) is 38.3 Å². The first-order chi connectivity index (χ1) is 10.3. The highest BCUT2D eigenvalue weighted by Gasteiger charge is 2.27. The molecular weight excluding hydrogens is 264 g/mol. The molecule has 1 aliphatic heterocycles. The van der Waals surface area contributed by atoms with Crippen LogP contribution in [0.15, 0.2) is 24.5 Å². The number of aromatic nitrogens is 1. The van der Waals surface area contributed by atoms with E-state index in [2.05, 4.69) is 20.5 Å². The summed E-state index contributed by atoms with van der Waals surface area (Å²) in [5.74, 6) is 0.956. The van der Waals surface area contributed by atoms with Gasteiger partial charge >= 0.3 is 6.03 Å². The van der Waals surface area contributed by atoms with Gasteiger partial charge in [-0.1, -0.05) is 6.07 Å². The quantitative estimate of drug-likeness (QED) is 0.868. The molecule has 3 rings (SSSR count). The van der Waals surface area contributed by atoms with E-state index in [4.69, 9.17) is 0 Å². The lowest BCUT2D eigenvalue weighted by Gasteiger charge is -2.32. The molecule has 1 aromatic rings. The molecule has 0 spiro atoms. The van der Waals surface area contributed by atoms with E-state index in [1.54, 1.807) is 12.4 Å². The molecule has 2 amide bonds. The van der Waals surface area contributed by atoms with Crippen LogP contribution in [0.1, 0.15) is 31.2 Å². The second-order valence-corrected chi connectivity index (χ2v) is 6.21. The minimum atomic E-state index is -0.0699. The highest BCUT2D eigenvalue weighted by atomic mass is 16.2. The zero-order valence-electron chi connectivity index (χ0n) is 12.4. The fourth-order valence-corrected chi connectivity index (χ4v) is 2.85. The largest absolute Gasteiger partial charge is 0.335 e. The van der Waals surface area contributed by atoms with Gasteiger partial charge < -0.3 is 15.5 Å². The van der Waals surface area contributed by atoms with E-state index in [-0.39, 0.29) is 6.03 Å². The van der Waals surface area contributed by atoms with Crippen molar-refractivity contribution in [1.29, 1.82) is 0 Å². The predicted molar refractivity (Wildman–Crippen MR) is 81.8 cm³/mol. The number of carbonyl (C=O) groups is 1. The molecule has 21 heavy (non-hydrogen) atoms. The molecule has 1 saturated carbocycles. The second-order valence-electron chi connectivity index (χ2n) is 6.21. The Labute approximate surface area is 126 Å². The van der Waals surface area contributed by atoms with Crippen molar-refractivity contribution in [3.63, 3.8) is 0 Å². The lowest BCUT2D eigenvalue weighted by atomic mass is 10.0. The van der Waals surface area contributed by atoms with E-state index < -0.39 is 0 Å². The summed E-state index contributed by atoms with van der Waals surface area (Å²) in [6.45, 7) is 4.02. The van der Waals surface area contributed by atoms with Gasteiger partial charge in [0.15, 0.2) is 0 Å². The fraction of sp³-hybridized carbons (Fsp3) is 0.625. The summed E-state index contributed by atoms with van der Waals surface area (Å²) >= 11 is 0. The number of urea groups is 1. The lowest BCUT2D eigenvalue weighted by molar-refractivity contribution is 0.187. The van der Waals surface area contributed by atoms with Gasteiger partial charge in [0, 0.05) is 44.6 Å². The maximum absolute atomic E-state index is 11.9. The third kappa shape index (κ3) is 4.70. The van der Waals surface area contributed by atoms with Gasteiger partial charge in [0.25, 0.3) is 0 Å². The molecule has 5 heteroatoms. The molecule has 1 aliphatic carbocycles. The molecular formula is C16H24N4O. The van der Waals surface area contributed by atoms with Crippen LogP contribution in [0.4, 0.5) is 4.79 Å². The van der Waals surface area contributed by atoms with Crippen molar-refractivity contribution in [3.05, 3.63) is 30.1 Å². The number of hydrogen-bond acceptors (Lipinski definition) is 3. The lowest BCUT2D eigenvalue weighted by Crippen LogP contribution is -2.48. The Morgan fingerprint density at radius 2 is 2.10 bits per heavy atom. The molecule has 2 heterocycles. The Kier molecular flexibility index (Phi) is 4.70. The maximum Gasteiger partial charge on any atom is 0.315 e. The topological polar surface area (TPSA) is 57.3 Å².